The van der Waals surface area contributed by atoms with E-state index in [0.29, 0.717) is 11.3 Å². The topological polar surface area (TPSA) is 58.4 Å². The maximum absolute atomic E-state index is 12.1. The van der Waals surface area contributed by atoms with E-state index in [4.69, 9.17) is 5.73 Å². The van der Waals surface area contributed by atoms with E-state index in [-0.39, 0.29) is 36.8 Å². The van der Waals surface area contributed by atoms with Crippen LogP contribution in [0.5, 0.6) is 0 Å². The molecule has 6 heteroatoms. The fourth-order valence-corrected chi connectivity index (χ4v) is 2.43. The summed E-state index contributed by atoms with van der Waals surface area (Å²) in [4.78, 5) is 14.5. The largest absolute Gasteiger partial charge is 0.398 e. The summed E-state index contributed by atoms with van der Waals surface area (Å²) in [6.07, 6.45) is 2.19. The number of para-hydroxylation sites is 1. The molecule has 20 heavy (non-hydrogen) atoms. The first-order valence-electron chi connectivity index (χ1n) is 6.58. The van der Waals surface area contributed by atoms with Crippen molar-refractivity contribution in [2.24, 2.45) is 0 Å². The number of anilines is 1. The molecule has 0 saturated carbocycles. The standard InChI is InChI=1S/C14H21N3O.2ClH/c1-2-17-9-5-6-11(10-17)16-14(18)12-7-3-4-8-13(12)15;;/h3-4,7-8,11H,2,5-6,9-10,15H2,1H3,(H,16,18);2*1H. The second-order valence-corrected chi connectivity index (χ2v) is 4.79. The maximum Gasteiger partial charge on any atom is 0.253 e. The van der Waals surface area contributed by atoms with Gasteiger partial charge in [-0.1, -0.05) is 19.1 Å². The van der Waals surface area contributed by atoms with E-state index in [2.05, 4.69) is 17.1 Å². The number of nitrogens with two attached hydrogens (primary N) is 1. The molecule has 1 atom stereocenters. The quantitative estimate of drug-likeness (QED) is 0.841. The Morgan fingerprint density at radius 3 is 2.75 bits per heavy atom. The molecule has 0 bridgehead atoms. The van der Waals surface area contributed by atoms with Crippen LogP contribution in [0.3, 0.4) is 0 Å². The zero-order chi connectivity index (χ0) is 13.0. The van der Waals surface area contributed by atoms with E-state index in [1.54, 1.807) is 12.1 Å². The fourth-order valence-electron chi connectivity index (χ4n) is 2.43. The molecule has 0 aromatic heterocycles. The Hall–Kier alpha value is -0.970. The van der Waals surface area contributed by atoms with Crippen molar-refractivity contribution in [3.8, 4) is 0 Å². The number of benzene rings is 1. The first kappa shape index (κ1) is 19.0. The molecule has 1 heterocycles. The molecule has 1 unspecified atom stereocenters. The van der Waals surface area contributed by atoms with E-state index in [9.17, 15) is 4.79 Å². The Morgan fingerprint density at radius 2 is 2.10 bits per heavy atom. The first-order chi connectivity index (χ1) is 8.70. The molecule has 0 aliphatic carbocycles. The van der Waals surface area contributed by atoms with E-state index in [0.717, 1.165) is 32.5 Å². The molecule has 1 amide bonds. The highest BCUT2D eigenvalue weighted by atomic mass is 35.5. The number of nitrogens with zero attached hydrogens (tertiary/aromatic N) is 1. The lowest BCUT2D eigenvalue weighted by Crippen LogP contribution is -2.47. The van der Waals surface area contributed by atoms with Gasteiger partial charge in [0.25, 0.3) is 5.91 Å². The average Bonchev–Trinajstić information content (AvgIpc) is 2.39. The van der Waals surface area contributed by atoms with Crippen LogP contribution in [0.2, 0.25) is 0 Å². The summed E-state index contributed by atoms with van der Waals surface area (Å²) in [6.45, 7) is 5.27. The monoisotopic (exact) mass is 319 g/mol. The van der Waals surface area contributed by atoms with E-state index >= 15 is 0 Å². The number of nitrogens with one attached hydrogen (secondary N) is 1. The van der Waals surface area contributed by atoms with Gasteiger partial charge in [-0.2, -0.15) is 0 Å². The normalized spacial score (nSPS) is 18.6. The van der Waals surface area contributed by atoms with Gasteiger partial charge in [-0.05, 0) is 38.1 Å². The summed E-state index contributed by atoms with van der Waals surface area (Å²) < 4.78 is 0. The predicted octanol–water partition coefficient (Wildman–Crippen LogP) is 2.33. The lowest BCUT2D eigenvalue weighted by Gasteiger charge is -2.32. The molecular weight excluding hydrogens is 297 g/mol. The third-order valence-electron chi connectivity index (χ3n) is 3.49. The van der Waals surface area contributed by atoms with E-state index in [1.807, 2.05) is 12.1 Å². The number of piperidine rings is 1. The Labute approximate surface area is 132 Å². The van der Waals surface area contributed by atoms with Gasteiger partial charge in [0.2, 0.25) is 0 Å². The summed E-state index contributed by atoms with van der Waals surface area (Å²) >= 11 is 0. The van der Waals surface area contributed by atoms with Crippen molar-refractivity contribution < 1.29 is 4.79 Å². The first-order valence-corrected chi connectivity index (χ1v) is 6.58. The van der Waals surface area contributed by atoms with Crippen molar-refractivity contribution in [1.29, 1.82) is 0 Å². The molecular formula is C14H23Cl2N3O. The summed E-state index contributed by atoms with van der Waals surface area (Å²) in [5.41, 5.74) is 6.92. The number of likely N-dealkylation sites (tertiary alicyclic amines) is 1. The van der Waals surface area contributed by atoms with Gasteiger partial charge in [0.15, 0.2) is 0 Å². The highest BCUT2D eigenvalue weighted by molar-refractivity contribution is 5.99. The second kappa shape index (κ2) is 9.06. The molecule has 1 aromatic carbocycles. The second-order valence-electron chi connectivity index (χ2n) is 4.79. The van der Waals surface area contributed by atoms with Gasteiger partial charge in [0, 0.05) is 18.3 Å². The Balaban J connectivity index is 0.00000180. The molecule has 1 aliphatic heterocycles. The summed E-state index contributed by atoms with van der Waals surface area (Å²) in [5, 5.41) is 3.08. The molecule has 1 aromatic rings. The van der Waals surface area contributed by atoms with Crippen molar-refractivity contribution >= 4 is 36.4 Å². The molecule has 3 N–H and O–H groups in total. The van der Waals surface area contributed by atoms with Crippen LogP contribution in [-0.2, 0) is 0 Å². The van der Waals surface area contributed by atoms with Crippen LogP contribution < -0.4 is 11.1 Å². The summed E-state index contributed by atoms with van der Waals surface area (Å²) in [7, 11) is 0. The number of nitrogen functional groups attached to an aromatic ring is 1. The van der Waals surface area contributed by atoms with Crippen LogP contribution in [0, 0.1) is 0 Å². The number of carbonyl (C=O) groups excluding carboxylic acids is 1. The molecule has 4 nitrogen and oxygen atoms in total. The lowest BCUT2D eigenvalue weighted by molar-refractivity contribution is 0.0907. The summed E-state index contributed by atoms with van der Waals surface area (Å²) in [6, 6.07) is 7.45. The Kier molecular flexibility index (Phi) is 8.62. The number of hydrogen-bond acceptors (Lipinski definition) is 3. The lowest BCUT2D eigenvalue weighted by atomic mass is 10.0. The Morgan fingerprint density at radius 1 is 1.40 bits per heavy atom. The third-order valence-corrected chi connectivity index (χ3v) is 3.49. The van der Waals surface area contributed by atoms with Crippen LogP contribution >= 0.6 is 24.8 Å². The van der Waals surface area contributed by atoms with Gasteiger partial charge in [-0.15, -0.1) is 24.8 Å². The molecule has 0 radical (unpaired) electrons. The minimum Gasteiger partial charge on any atom is -0.398 e. The fraction of sp³-hybridized carbons (Fsp3) is 0.500. The molecule has 2 rings (SSSR count). The predicted molar refractivity (Wildman–Crippen MR) is 88.0 cm³/mol. The number of amides is 1. The highest BCUT2D eigenvalue weighted by Gasteiger charge is 2.21. The minimum atomic E-state index is -0.0592. The van der Waals surface area contributed by atoms with E-state index in [1.165, 1.54) is 0 Å². The van der Waals surface area contributed by atoms with Gasteiger partial charge >= 0.3 is 0 Å². The van der Waals surface area contributed by atoms with Crippen molar-refractivity contribution in [2.45, 2.75) is 25.8 Å². The molecule has 1 fully saturated rings. The molecule has 0 spiro atoms. The number of hydrogen-bond donors (Lipinski definition) is 2. The minimum absolute atomic E-state index is 0. The van der Waals surface area contributed by atoms with Crippen LogP contribution in [0.1, 0.15) is 30.1 Å². The van der Waals surface area contributed by atoms with Crippen LogP contribution in [0.25, 0.3) is 0 Å². The zero-order valence-electron chi connectivity index (χ0n) is 11.7. The number of carbonyl (C=O) groups is 1. The van der Waals surface area contributed by atoms with Gasteiger partial charge in [-0.3, -0.25) is 4.79 Å². The number of rotatable bonds is 3. The van der Waals surface area contributed by atoms with Crippen LogP contribution in [-0.4, -0.2) is 36.5 Å². The number of halogens is 2. The average molecular weight is 320 g/mol. The number of likely N-dealkylation sites (N-methyl/N-ethyl adjacent to an activating group) is 1. The zero-order valence-corrected chi connectivity index (χ0v) is 13.3. The van der Waals surface area contributed by atoms with Crippen LogP contribution in [0.15, 0.2) is 24.3 Å². The van der Waals surface area contributed by atoms with Gasteiger partial charge in [0.1, 0.15) is 0 Å². The highest BCUT2D eigenvalue weighted by Crippen LogP contribution is 2.13. The SMILES string of the molecule is CCN1CCCC(NC(=O)c2ccccc2N)C1.Cl.Cl. The van der Waals surface area contributed by atoms with Gasteiger partial charge in [0.05, 0.1) is 5.56 Å². The maximum atomic E-state index is 12.1. The van der Waals surface area contributed by atoms with Crippen molar-refractivity contribution in [3.63, 3.8) is 0 Å². The summed E-state index contributed by atoms with van der Waals surface area (Å²) in [5.74, 6) is -0.0592. The molecule has 114 valence electrons. The third kappa shape index (κ3) is 4.85. The van der Waals surface area contributed by atoms with Gasteiger partial charge in [-0.25, -0.2) is 0 Å². The van der Waals surface area contributed by atoms with Gasteiger partial charge < -0.3 is 16.0 Å². The van der Waals surface area contributed by atoms with Crippen molar-refractivity contribution in [2.75, 3.05) is 25.4 Å². The molecule has 1 aliphatic rings. The van der Waals surface area contributed by atoms with E-state index < -0.39 is 0 Å². The van der Waals surface area contributed by atoms with Crippen LogP contribution in [0.4, 0.5) is 5.69 Å². The smallest absolute Gasteiger partial charge is 0.253 e. The molecule has 1 saturated heterocycles. The Bertz CT molecular complexity index is 429. The van der Waals surface area contributed by atoms with Crippen molar-refractivity contribution in [3.05, 3.63) is 29.8 Å². The van der Waals surface area contributed by atoms with Crippen molar-refractivity contribution in [1.82, 2.24) is 10.2 Å².